The molecule has 21 heavy (non-hydrogen) atoms. The number of hydrogen-bond acceptors (Lipinski definition) is 2. The standard InChI is InChI=1S/C16H19ClN2OS/c1-11-7-8-21-15(11)10-19(3)16(20)18-12(2)13-5-4-6-14(17)9-13/h4-9,12H,10H2,1-3H3,(H,18,20). The molecule has 2 rings (SSSR count). The van der Waals surface area contributed by atoms with Crippen molar-refractivity contribution in [3.05, 3.63) is 56.7 Å². The number of aryl methyl sites for hydroxylation is 1. The first-order valence-electron chi connectivity index (χ1n) is 6.77. The third-order valence-corrected chi connectivity index (χ3v) is 4.63. The van der Waals surface area contributed by atoms with Crippen molar-refractivity contribution in [1.29, 1.82) is 0 Å². The Kier molecular flexibility index (Phi) is 5.26. The average Bonchev–Trinajstić information content (AvgIpc) is 2.84. The molecule has 0 saturated heterocycles. The molecule has 2 amide bonds. The number of hydrogen-bond donors (Lipinski definition) is 1. The Bertz CT molecular complexity index is 626. The van der Waals surface area contributed by atoms with Crippen LogP contribution in [0.5, 0.6) is 0 Å². The minimum Gasteiger partial charge on any atom is -0.331 e. The Morgan fingerprint density at radius 2 is 2.19 bits per heavy atom. The van der Waals surface area contributed by atoms with Crippen LogP contribution in [0.4, 0.5) is 4.79 Å². The molecule has 0 radical (unpaired) electrons. The van der Waals surface area contributed by atoms with E-state index in [-0.39, 0.29) is 12.1 Å². The number of thiophene rings is 1. The predicted octanol–water partition coefficient (Wildman–Crippen LogP) is 4.61. The molecule has 1 aromatic carbocycles. The zero-order chi connectivity index (χ0) is 15.4. The minimum absolute atomic E-state index is 0.0805. The molecule has 0 bridgehead atoms. The summed E-state index contributed by atoms with van der Waals surface area (Å²) in [6.07, 6.45) is 0. The van der Waals surface area contributed by atoms with Crippen LogP contribution in [0.3, 0.4) is 0 Å². The summed E-state index contributed by atoms with van der Waals surface area (Å²) >= 11 is 7.65. The van der Waals surface area contributed by atoms with Crippen LogP contribution in [-0.4, -0.2) is 18.0 Å². The molecule has 1 aromatic heterocycles. The Hall–Kier alpha value is -1.52. The van der Waals surface area contributed by atoms with Gasteiger partial charge < -0.3 is 10.2 Å². The van der Waals surface area contributed by atoms with Gasteiger partial charge in [0, 0.05) is 16.9 Å². The van der Waals surface area contributed by atoms with Gasteiger partial charge in [-0.05, 0) is 48.6 Å². The summed E-state index contributed by atoms with van der Waals surface area (Å²) in [5, 5.41) is 5.71. The fourth-order valence-corrected chi connectivity index (χ4v) is 3.17. The lowest BCUT2D eigenvalue weighted by molar-refractivity contribution is 0.204. The van der Waals surface area contributed by atoms with Gasteiger partial charge in [-0.1, -0.05) is 23.7 Å². The largest absolute Gasteiger partial charge is 0.331 e. The van der Waals surface area contributed by atoms with E-state index < -0.39 is 0 Å². The monoisotopic (exact) mass is 322 g/mol. The van der Waals surface area contributed by atoms with Crippen molar-refractivity contribution >= 4 is 29.0 Å². The van der Waals surface area contributed by atoms with Crippen molar-refractivity contribution in [2.24, 2.45) is 0 Å². The van der Waals surface area contributed by atoms with Crippen LogP contribution in [-0.2, 0) is 6.54 Å². The van der Waals surface area contributed by atoms with Gasteiger partial charge in [0.1, 0.15) is 0 Å². The van der Waals surface area contributed by atoms with Gasteiger partial charge in [-0.2, -0.15) is 0 Å². The van der Waals surface area contributed by atoms with Crippen molar-refractivity contribution in [2.45, 2.75) is 26.4 Å². The van der Waals surface area contributed by atoms with E-state index in [0.717, 1.165) is 5.56 Å². The first kappa shape index (κ1) is 15.9. The van der Waals surface area contributed by atoms with Crippen LogP contribution < -0.4 is 5.32 Å². The fourth-order valence-electron chi connectivity index (χ4n) is 2.01. The molecule has 0 aliphatic rings. The van der Waals surface area contributed by atoms with Gasteiger partial charge in [0.25, 0.3) is 0 Å². The second-order valence-electron chi connectivity index (χ2n) is 5.11. The Morgan fingerprint density at radius 3 is 2.81 bits per heavy atom. The van der Waals surface area contributed by atoms with E-state index in [1.807, 2.05) is 36.6 Å². The molecular weight excluding hydrogens is 304 g/mol. The number of urea groups is 1. The van der Waals surface area contributed by atoms with Crippen LogP contribution in [0.2, 0.25) is 5.02 Å². The highest BCUT2D eigenvalue weighted by Gasteiger charge is 2.15. The number of halogens is 1. The molecular formula is C16H19ClN2OS. The summed E-state index contributed by atoms with van der Waals surface area (Å²) in [7, 11) is 1.80. The summed E-state index contributed by atoms with van der Waals surface area (Å²) in [4.78, 5) is 15.1. The fraction of sp³-hybridized carbons (Fsp3) is 0.312. The minimum atomic E-state index is -0.0877. The van der Waals surface area contributed by atoms with E-state index in [0.29, 0.717) is 11.6 Å². The maximum absolute atomic E-state index is 12.2. The molecule has 3 nitrogen and oxygen atoms in total. The second kappa shape index (κ2) is 6.96. The molecule has 0 aliphatic heterocycles. The predicted molar refractivity (Wildman–Crippen MR) is 88.9 cm³/mol. The lowest BCUT2D eigenvalue weighted by Crippen LogP contribution is -2.38. The highest BCUT2D eigenvalue weighted by molar-refractivity contribution is 7.10. The van der Waals surface area contributed by atoms with Crippen molar-refractivity contribution in [2.75, 3.05) is 7.05 Å². The summed E-state index contributed by atoms with van der Waals surface area (Å²) < 4.78 is 0. The van der Waals surface area contributed by atoms with Crippen LogP contribution >= 0.6 is 22.9 Å². The third kappa shape index (κ3) is 4.22. The van der Waals surface area contributed by atoms with Crippen LogP contribution in [0.25, 0.3) is 0 Å². The molecule has 0 fully saturated rings. The number of nitrogens with one attached hydrogen (secondary N) is 1. The van der Waals surface area contributed by atoms with Gasteiger partial charge in [0.2, 0.25) is 0 Å². The lowest BCUT2D eigenvalue weighted by atomic mass is 10.1. The van der Waals surface area contributed by atoms with E-state index in [2.05, 4.69) is 18.3 Å². The van der Waals surface area contributed by atoms with E-state index in [9.17, 15) is 4.79 Å². The summed E-state index contributed by atoms with van der Waals surface area (Å²) in [5.41, 5.74) is 2.22. The van der Waals surface area contributed by atoms with E-state index in [1.54, 1.807) is 23.3 Å². The number of benzene rings is 1. The molecule has 1 atom stereocenters. The molecule has 112 valence electrons. The molecule has 1 unspecified atom stereocenters. The first-order chi connectivity index (χ1) is 9.97. The number of nitrogens with zero attached hydrogens (tertiary/aromatic N) is 1. The van der Waals surface area contributed by atoms with Crippen LogP contribution in [0.1, 0.15) is 29.0 Å². The molecule has 0 spiro atoms. The number of amides is 2. The van der Waals surface area contributed by atoms with Gasteiger partial charge in [0.15, 0.2) is 0 Å². The summed E-state index contributed by atoms with van der Waals surface area (Å²) in [6, 6.07) is 9.44. The van der Waals surface area contributed by atoms with Crippen LogP contribution in [0, 0.1) is 6.92 Å². The van der Waals surface area contributed by atoms with Crippen LogP contribution in [0.15, 0.2) is 35.7 Å². The molecule has 2 aromatic rings. The molecule has 1 heterocycles. The van der Waals surface area contributed by atoms with E-state index in [1.165, 1.54) is 10.4 Å². The van der Waals surface area contributed by atoms with Crippen molar-refractivity contribution in [1.82, 2.24) is 10.2 Å². The van der Waals surface area contributed by atoms with Gasteiger partial charge in [-0.25, -0.2) is 4.79 Å². The maximum Gasteiger partial charge on any atom is 0.317 e. The van der Waals surface area contributed by atoms with Gasteiger partial charge >= 0.3 is 6.03 Å². The molecule has 0 aliphatic carbocycles. The SMILES string of the molecule is Cc1ccsc1CN(C)C(=O)NC(C)c1cccc(Cl)c1. The summed E-state index contributed by atoms with van der Waals surface area (Å²) in [6.45, 7) is 4.64. The Morgan fingerprint density at radius 1 is 1.43 bits per heavy atom. The summed E-state index contributed by atoms with van der Waals surface area (Å²) in [5.74, 6) is 0. The Labute approximate surface area is 134 Å². The normalized spacial score (nSPS) is 12.0. The topological polar surface area (TPSA) is 32.3 Å². The molecule has 5 heteroatoms. The van der Waals surface area contributed by atoms with Gasteiger partial charge in [-0.15, -0.1) is 11.3 Å². The van der Waals surface area contributed by atoms with E-state index in [4.69, 9.17) is 11.6 Å². The quantitative estimate of drug-likeness (QED) is 0.875. The number of carbonyl (C=O) groups excluding carboxylic acids is 1. The average molecular weight is 323 g/mol. The highest BCUT2D eigenvalue weighted by Crippen LogP contribution is 2.19. The zero-order valence-electron chi connectivity index (χ0n) is 12.4. The van der Waals surface area contributed by atoms with E-state index >= 15 is 0 Å². The highest BCUT2D eigenvalue weighted by atomic mass is 35.5. The zero-order valence-corrected chi connectivity index (χ0v) is 14.0. The maximum atomic E-state index is 12.2. The Balaban J connectivity index is 1.96. The number of carbonyl (C=O) groups is 1. The number of rotatable bonds is 4. The molecule has 0 saturated carbocycles. The molecule has 1 N–H and O–H groups in total. The van der Waals surface area contributed by atoms with Crippen molar-refractivity contribution < 1.29 is 4.79 Å². The second-order valence-corrected chi connectivity index (χ2v) is 6.55. The van der Waals surface area contributed by atoms with Crippen molar-refractivity contribution in [3.63, 3.8) is 0 Å². The smallest absolute Gasteiger partial charge is 0.317 e. The third-order valence-electron chi connectivity index (χ3n) is 3.38. The lowest BCUT2D eigenvalue weighted by Gasteiger charge is -2.21. The first-order valence-corrected chi connectivity index (χ1v) is 8.03. The van der Waals surface area contributed by atoms with Crippen molar-refractivity contribution in [3.8, 4) is 0 Å². The van der Waals surface area contributed by atoms with Gasteiger partial charge in [-0.3, -0.25) is 0 Å². The van der Waals surface area contributed by atoms with Gasteiger partial charge in [0.05, 0.1) is 12.6 Å².